The molecule has 0 fully saturated rings. The molecule has 1 aromatic rings. The highest BCUT2D eigenvalue weighted by Gasteiger charge is 2.36. The molecule has 2 N–H and O–H groups in total. The van der Waals surface area contributed by atoms with E-state index in [0.717, 1.165) is 0 Å². The van der Waals surface area contributed by atoms with Gasteiger partial charge in [-0.25, -0.2) is 0 Å². The summed E-state index contributed by atoms with van der Waals surface area (Å²) in [5.74, 6) is -0.536. The molecule has 0 spiro atoms. The van der Waals surface area contributed by atoms with Crippen LogP contribution in [0.3, 0.4) is 0 Å². The van der Waals surface area contributed by atoms with Crippen LogP contribution >= 0.6 is 0 Å². The van der Waals surface area contributed by atoms with E-state index in [1.54, 1.807) is 25.3 Å². The van der Waals surface area contributed by atoms with Crippen LogP contribution in [0.25, 0.3) is 0 Å². The van der Waals surface area contributed by atoms with Gasteiger partial charge in [-0.05, 0) is 38.5 Å². The summed E-state index contributed by atoms with van der Waals surface area (Å²) in [4.78, 5) is 25.6. The average molecular weight is 262 g/mol. The van der Waals surface area contributed by atoms with Gasteiger partial charge in [-0.1, -0.05) is 0 Å². The van der Waals surface area contributed by atoms with Gasteiger partial charge in [-0.3, -0.25) is 14.5 Å². The number of nitrogen functional groups attached to an aromatic ring is 1. The van der Waals surface area contributed by atoms with Crippen molar-refractivity contribution in [2.75, 3.05) is 19.4 Å². The minimum atomic E-state index is -0.367. The zero-order valence-corrected chi connectivity index (χ0v) is 11.4. The quantitative estimate of drug-likeness (QED) is 0.662. The summed E-state index contributed by atoms with van der Waals surface area (Å²) in [7, 11) is 1.61. The first kappa shape index (κ1) is 13.5. The lowest BCUT2D eigenvalue weighted by atomic mass is 10.1. The van der Waals surface area contributed by atoms with Crippen LogP contribution in [0.1, 0.15) is 41.0 Å². The van der Waals surface area contributed by atoms with Crippen molar-refractivity contribution < 1.29 is 14.3 Å². The third-order valence-corrected chi connectivity index (χ3v) is 3.48. The summed E-state index contributed by atoms with van der Waals surface area (Å²) >= 11 is 0. The number of ether oxygens (including phenoxy) is 1. The minimum absolute atomic E-state index is 0.257. The first-order valence-corrected chi connectivity index (χ1v) is 6.16. The van der Waals surface area contributed by atoms with E-state index in [4.69, 9.17) is 10.5 Å². The SMILES string of the molecule is COC(C)(C)CCN1C(=O)c2ccc(N)cc2C1=O. The Labute approximate surface area is 112 Å². The lowest BCUT2D eigenvalue weighted by Crippen LogP contribution is -2.35. The van der Waals surface area contributed by atoms with Crippen LogP contribution in [-0.2, 0) is 4.74 Å². The minimum Gasteiger partial charge on any atom is -0.399 e. The lowest BCUT2D eigenvalue weighted by Gasteiger charge is -2.25. The number of rotatable bonds is 4. The highest BCUT2D eigenvalue weighted by atomic mass is 16.5. The van der Waals surface area contributed by atoms with Crippen molar-refractivity contribution in [2.45, 2.75) is 25.9 Å². The number of nitrogens with zero attached hydrogens (tertiary/aromatic N) is 1. The summed E-state index contributed by atoms with van der Waals surface area (Å²) in [6, 6.07) is 4.79. The molecule has 102 valence electrons. The molecule has 0 atom stereocenters. The number of imide groups is 1. The van der Waals surface area contributed by atoms with Crippen LogP contribution in [0.5, 0.6) is 0 Å². The lowest BCUT2D eigenvalue weighted by molar-refractivity contribution is 0.00911. The van der Waals surface area contributed by atoms with Crippen LogP contribution in [0.15, 0.2) is 18.2 Å². The van der Waals surface area contributed by atoms with Gasteiger partial charge >= 0.3 is 0 Å². The number of methoxy groups -OCH3 is 1. The van der Waals surface area contributed by atoms with Gasteiger partial charge < -0.3 is 10.5 Å². The van der Waals surface area contributed by atoms with E-state index in [1.165, 1.54) is 4.90 Å². The molecule has 2 rings (SSSR count). The standard InChI is InChI=1S/C14H18N2O3/c1-14(2,19-3)6-7-16-12(17)10-5-4-9(15)8-11(10)13(16)18/h4-5,8H,6-7,15H2,1-3H3. The number of hydrogen-bond donors (Lipinski definition) is 1. The van der Waals surface area contributed by atoms with Crippen LogP contribution in [0, 0.1) is 0 Å². The van der Waals surface area contributed by atoms with E-state index in [2.05, 4.69) is 0 Å². The number of carbonyl (C=O) groups is 2. The molecule has 19 heavy (non-hydrogen) atoms. The van der Waals surface area contributed by atoms with E-state index in [1.807, 2.05) is 13.8 Å². The number of nitrogens with two attached hydrogens (primary N) is 1. The Morgan fingerprint density at radius 3 is 2.47 bits per heavy atom. The molecular weight excluding hydrogens is 244 g/mol. The Morgan fingerprint density at radius 2 is 1.84 bits per heavy atom. The number of anilines is 1. The maximum atomic E-state index is 12.2. The molecule has 0 radical (unpaired) electrons. The van der Waals surface area contributed by atoms with Crippen molar-refractivity contribution in [3.8, 4) is 0 Å². The Hall–Kier alpha value is -1.88. The van der Waals surface area contributed by atoms with Gasteiger partial charge in [0.25, 0.3) is 11.8 Å². The van der Waals surface area contributed by atoms with Gasteiger partial charge in [-0.2, -0.15) is 0 Å². The second-order valence-corrected chi connectivity index (χ2v) is 5.28. The fraction of sp³-hybridized carbons (Fsp3) is 0.429. The maximum Gasteiger partial charge on any atom is 0.261 e. The molecule has 0 unspecified atom stereocenters. The number of fused-ring (bicyclic) bond motifs is 1. The number of benzene rings is 1. The van der Waals surface area contributed by atoms with Gasteiger partial charge in [0.1, 0.15) is 0 Å². The molecule has 1 heterocycles. The molecule has 1 aliphatic rings. The third kappa shape index (κ3) is 2.46. The monoisotopic (exact) mass is 262 g/mol. The maximum absolute atomic E-state index is 12.2. The molecule has 2 amide bonds. The number of carbonyl (C=O) groups excluding carboxylic acids is 2. The van der Waals surface area contributed by atoms with Gasteiger partial charge in [0.05, 0.1) is 16.7 Å². The van der Waals surface area contributed by atoms with Crippen LogP contribution < -0.4 is 5.73 Å². The van der Waals surface area contributed by atoms with Gasteiger partial charge in [-0.15, -0.1) is 0 Å². The topological polar surface area (TPSA) is 72.6 Å². The molecule has 1 aliphatic heterocycles. The fourth-order valence-corrected chi connectivity index (χ4v) is 1.99. The average Bonchev–Trinajstić information content (AvgIpc) is 2.60. The van der Waals surface area contributed by atoms with E-state index >= 15 is 0 Å². The molecule has 0 aliphatic carbocycles. The molecular formula is C14H18N2O3. The van der Waals surface area contributed by atoms with Crippen molar-refractivity contribution in [1.29, 1.82) is 0 Å². The Balaban J connectivity index is 2.19. The Morgan fingerprint density at radius 1 is 1.21 bits per heavy atom. The predicted octanol–water partition coefficient (Wildman–Crippen LogP) is 1.68. The Kier molecular flexibility index (Phi) is 3.32. The Bertz CT molecular complexity index is 537. The van der Waals surface area contributed by atoms with Crippen LogP contribution in [0.2, 0.25) is 0 Å². The van der Waals surface area contributed by atoms with E-state index in [9.17, 15) is 9.59 Å². The summed E-state index contributed by atoms with van der Waals surface area (Å²) in [6.07, 6.45) is 0.588. The van der Waals surface area contributed by atoms with E-state index in [-0.39, 0.29) is 17.4 Å². The summed E-state index contributed by atoms with van der Waals surface area (Å²) in [6.45, 7) is 4.18. The van der Waals surface area contributed by atoms with Crippen molar-refractivity contribution >= 4 is 17.5 Å². The van der Waals surface area contributed by atoms with Gasteiger partial charge in [0.2, 0.25) is 0 Å². The highest BCUT2D eigenvalue weighted by Crippen LogP contribution is 2.26. The number of hydrogen-bond acceptors (Lipinski definition) is 4. The van der Waals surface area contributed by atoms with Gasteiger partial charge in [0, 0.05) is 19.3 Å². The van der Waals surface area contributed by atoms with Crippen molar-refractivity contribution in [2.24, 2.45) is 0 Å². The zero-order valence-electron chi connectivity index (χ0n) is 11.4. The van der Waals surface area contributed by atoms with Crippen molar-refractivity contribution in [3.05, 3.63) is 29.3 Å². The predicted molar refractivity (Wildman–Crippen MR) is 71.9 cm³/mol. The third-order valence-electron chi connectivity index (χ3n) is 3.48. The zero-order chi connectivity index (χ0) is 14.2. The molecule has 0 bridgehead atoms. The summed E-state index contributed by atoms with van der Waals surface area (Å²) in [5, 5.41) is 0. The van der Waals surface area contributed by atoms with E-state index < -0.39 is 0 Å². The summed E-state index contributed by atoms with van der Waals surface area (Å²) in [5.41, 5.74) is 6.58. The molecule has 5 heteroatoms. The van der Waals surface area contributed by atoms with Crippen LogP contribution in [-0.4, -0.2) is 36.0 Å². The fourth-order valence-electron chi connectivity index (χ4n) is 1.99. The van der Waals surface area contributed by atoms with Crippen molar-refractivity contribution in [3.63, 3.8) is 0 Å². The number of amides is 2. The van der Waals surface area contributed by atoms with Crippen molar-refractivity contribution in [1.82, 2.24) is 4.90 Å². The molecule has 0 aromatic heterocycles. The first-order valence-electron chi connectivity index (χ1n) is 6.16. The summed E-state index contributed by atoms with van der Waals surface area (Å²) < 4.78 is 5.29. The molecule has 0 saturated heterocycles. The second kappa shape index (κ2) is 4.66. The second-order valence-electron chi connectivity index (χ2n) is 5.28. The molecule has 0 saturated carbocycles. The highest BCUT2D eigenvalue weighted by molar-refractivity contribution is 6.21. The normalized spacial score (nSPS) is 15.0. The molecule has 5 nitrogen and oxygen atoms in total. The van der Waals surface area contributed by atoms with Gasteiger partial charge in [0.15, 0.2) is 0 Å². The first-order chi connectivity index (χ1) is 8.85. The van der Waals surface area contributed by atoms with Crippen LogP contribution in [0.4, 0.5) is 5.69 Å². The van der Waals surface area contributed by atoms with E-state index in [0.29, 0.717) is 29.8 Å². The largest absolute Gasteiger partial charge is 0.399 e. The smallest absolute Gasteiger partial charge is 0.261 e. The molecule has 1 aromatic carbocycles.